The summed E-state index contributed by atoms with van der Waals surface area (Å²) in [5.41, 5.74) is 10.5. The van der Waals surface area contributed by atoms with Gasteiger partial charge in [-0.1, -0.05) is 121 Å². The van der Waals surface area contributed by atoms with Crippen LogP contribution in [0.1, 0.15) is 0 Å². The topological polar surface area (TPSA) is 65.0 Å². The standard InChI is InChI=1S/C45H27N3O2/c1-4-11-28(12-5-1)31-21-24-38-37(25-31)42-34(17-10-18-39(42)49-38)32-19-22-35-36-23-20-33(27-41(36)50-40(35)26-32)45-47-43(29-13-6-2-7-14-29)46-44(48-45)30-15-8-3-9-16-30/h1-27H. The third-order valence-electron chi connectivity index (χ3n) is 9.34. The molecule has 0 unspecified atom stereocenters. The number of aromatic nitrogens is 3. The molecule has 10 aromatic rings. The van der Waals surface area contributed by atoms with Crippen molar-refractivity contribution in [3.05, 3.63) is 164 Å². The van der Waals surface area contributed by atoms with E-state index in [1.165, 1.54) is 5.56 Å². The molecule has 0 radical (unpaired) electrons. The first-order valence-corrected chi connectivity index (χ1v) is 16.6. The number of nitrogens with zero attached hydrogens (tertiary/aromatic N) is 3. The molecule has 3 heterocycles. The maximum Gasteiger partial charge on any atom is 0.164 e. The molecule has 5 nitrogen and oxygen atoms in total. The highest BCUT2D eigenvalue weighted by atomic mass is 16.3. The molecule has 0 aliphatic heterocycles. The van der Waals surface area contributed by atoms with Crippen LogP contribution in [0.3, 0.4) is 0 Å². The molecule has 0 N–H and O–H groups in total. The van der Waals surface area contributed by atoms with Crippen molar-refractivity contribution in [2.75, 3.05) is 0 Å². The predicted octanol–water partition coefficient (Wildman–Crippen LogP) is 12.0. The minimum Gasteiger partial charge on any atom is -0.456 e. The molecule has 7 aromatic carbocycles. The second-order valence-electron chi connectivity index (χ2n) is 12.4. The molecule has 50 heavy (non-hydrogen) atoms. The average molecular weight is 642 g/mol. The van der Waals surface area contributed by atoms with Gasteiger partial charge in [-0.2, -0.15) is 0 Å². The molecular formula is C45H27N3O2. The predicted molar refractivity (Wildman–Crippen MR) is 202 cm³/mol. The largest absolute Gasteiger partial charge is 0.456 e. The first-order chi connectivity index (χ1) is 24.7. The van der Waals surface area contributed by atoms with Gasteiger partial charge in [-0.15, -0.1) is 0 Å². The van der Waals surface area contributed by atoms with Crippen molar-refractivity contribution in [2.45, 2.75) is 0 Å². The summed E-state index contributed by atoms with van der Waals surface area (Å²) in [6, 6.07) is 55.8. The molecule has 0 saturated carbocycles. The van der Waals surface area contributed by atoms with Gasteiger partial charge in [0, 0.05) is 38.2 Å². The molecule has 0 atom stereocenters. The lowest BCUT2D eigenvalue weighted by molar-refractivity contribution is 0.668. The van der Waals surface area contributed by atoms with Crippen molar-refractivity contribution in [1.29, 1.82) is 0 Å². The summed E-state index contributed by atoms with van der Waals surface area (Å²) in [5.74, 6) is 1.84. The van der Waals surface area contributed by atoms with Gasteiger partial charge in [-0.3, -0.25) is 0 Å². The highest BCUT2D eigenvalue weighted by Crippen LogP contribution is 2.40. The Bertz CT molecular complexity index is 2800. The van der Waals surface area contributed by atoms with Gasteiger partial charge in [0.1, 0.15) is 22.3 Å². The maximum absolute atomic E-state index is 6.57. The van der Waals surface area contributed by atoms with Crippen LogP contribution < -0.4 is 0 Å². The quantitative estimate of drug-likeness (QED) is 0.187. The van der Waals surface area contributed by atoms with Crippen LogP contribution in [-0.2, 0) is 0 Å². The Balaban J connectivity index is 1.09. The van der Waals surface area contributed by atoms with Crippen molar-refractivity contribution in [3.63, 3.8) is 0 Å². The second kappa shape index (κ2) is 11.4. The number of benzene rings is 7. The van der Waals surface area contributed by atoms with E-state index in [4.69, 9.17) is 23.8 Å². The number of furan rings is 2. The Morgan fingerprint density at radius 2 is 0.820 bits per heavy atom. The van der Waals surface area contributed by atoms with Crippen molar-refractivity contribution in [2.24, 2.45) is 0 Å². The molecule has 0 aliphatic rings. The minimum atomic E-state index is 0.592. The molecule has 0 bridgehead atoms. The molecule has 5 heteroatoms. The van der Waals surface area contributed by atoms with Gasteiger partial charge in [0.15, 0.2) is 17.5 Å². The summed E-state index contributed by atoms with van der Waals surface area (Å²) in [4.78, 5) is 14.7. The van der Waals surface area contributed by atoms with E-state index in [1.807, 2.05) is 78.9 Å². The SMILES string of the molecule is c1ccc(-c2ccc3oc4cccc(-c5ccc6c(c5)oc5cc(-c7nc(-c8ccccc8)nc(-c8ccccc8)n7)ccc56)c4c3c2)cc1. The number of fused-ring (bicyclic) bond motifs is 6. The van der Waals surface area contributed by atoms with E-state index in [-0.39, 0.29) is 0 Å². The van der Waals surface area contributed by atoms with E-state index >= 15 is 0 Å². The summed E-state index contributed by atoms with van der Waals surface area (Å²) < 4.78 is 12.9. The molecule has 3 aromatic heterocycles. The molecule has 234 valence electrons. The molecule has 0 aliphatic carbocycles. The van der Waals surface area contributed by atoms with Crippen LogP contribution in [0.5, 0.6) is 0 Å². The lowest BCUT2D eigenvalue weighted by Gasteiger charge is -2.08. The Morgan fingerprint density at radius 1 is 0.300 bits per heavy atom. The van der Waals surface area contributed by atoms with Gasteiger partial charge in [0.2, 0.25) is 0 Å². The lowest BCUT2D eigenvalue weighted by atomic mass is 9.97. The van der Waals surface area contributed by atoms with Crippen LogP contribution in [-0.4, -0.2) is 15.0 Å². The maximum atomic E-state index is 6.57. The zero-order chi connectivity index (χ0) is 33.0. The fraction of sp³-hybridized carbons (Fsp3) is 0. The zero-order valence-electron chi connectivity index (χ0n) is 26.7. The second-order valence-corrected chi connectivity index (χ2v) is 12.4. The van der Waals surface area contributed by atoms with E-state index in [1.54, 1.807) is 0 Å². The van der Waals surface area contributed by atoms with E-state index in [0.717, 1.165) is 77.3 Å². The summed E-state index contributed by atoms with van der Waals surface area (Å²) in [7, 11) is 0. The summed E-state index contributed by atoms with van der Waals surface area (Å²) in [6.07, 6.45) is 0. The molecule has 0 spiro atoms. The summed E-state index contributed by atoms with van der Waals surface area (Å²) in [6.45, 7) is 0. The van der Waals surface area contributed by atoms with Crippen LogP contribution in [0.15, 0.2) is 173 Å². The van der Waals surface area contributed by atoms with E-state index < -0.39 is 0 Å². The number of rotatable bonds is 5. The van der Waals surface area contributed by atoms with Gasteiger partial charge in [0.25, 0.3) is 0 Å². The zero-order valence-corrected chi connectivity index (χ0v) is 26.7. The van der Waals surface area contributed by atoms with Crippen molar-refractivity contribution in [3.8, 4) is 56.4 Å². The molecule has 10 rings (SSSR count). The average Bonchev–Trinajstić information content (AvgIpc) is 3.76. The normalized spacial score (nSPS) is 11.6. The smallest absolute Gasteiger partial charge is 0.164 e. The van der Waals surface area contributed by atoms with Gasteiger partial charge in [-0.05, 0) is 64.7 Å². The van der Waals surface area contributed by atoms with Crippen molar-refractivity contribution < 1.29 is 8.83 Å². The number of hydrogen-bond donors (Lipinski definition) is 0. The van der Waals surface area contributed by atoms with Crippen LogP contribution in [0.4, 0.5) is 0 Å². The summed E-state index contributed by atoms with van der Waals surface area (Å²) in [5, 5.41) is 4.27. The number of hydrogen-bond acceptors (Lipinski definition) is 5. The lowest BCUT2D eigenvalue weighted by Crippen LogP contribution is -2.00. The molecular weight excluding hydrogens is 615 g/mol. The Kier molecular flexibility index (Phi) is 6.42. The van der Waals surface area contributed by atoms with Gasteiger partial charge in [0.05, 0.1) is 0 Å². The van der Waals surface area contributed by atoms with Gasteiger partial charge < -0.3 is 8.83 Å². The Morgan fingerprint density at radius 3 is 1.46 bits per heavy atom. The first kappa shape index (κ1) is 28.2. The Labute approximate surface area is 287 Å². The van der Waals surface area contributed by atoms with E-state index in [0.29, 0.717) is 17.5 Å². The van der Waals surface area contributed by atoms with Gasteiger partial charge >= 0.3 is 0 Å². The van der Waals surface area contributed by atoms with Crippen LogP contribution in [0.2, 0.25) is 0 Å². The van der Waals surface area contributed by atoms with Crippen LogP contribution in [0, 0.1) is 0 Å². The van der Waals surface area contributed by atoms with E-state index in [2.05, 4.69) is 84.9 Å². The Hall–Kier alpha value is -6.85. The van der Waals surface area contributed by atoms with E-state index in [9.17, 15) is 0 Å². The molecule has 0 fully saturated rings. The first-order valence-electron chi connectivity index (χ1n) is 16.6. The van der Waals surface area contributed by atoms with Crippen LogP contribution in [0.25, 0.3) is 100 Å². The minimum absolute atomic E-state index is 0.592. The third-order valence-corrected chi connectivity index (χ3v) is 9.34. The highest BCUT2D eigenvalue weighted by Gasteiger charge is 2.17. The monoisotopic (exact) mass is 641 g/mol. The van der Waals surface area contributed by atoms with Gasteiger partial charge in [-0.25, -0.2) is 15.0 Å². The van der Waals surface area contributed by atoms with Crippen LogP contribution >= 0.6 is 0 Å². The molecule has 0 saturated heterocycles. The highest BCUT2D eigenvalue weighted by molar-refractivity contribution is 6.14. The molecule has 0 amide bonds. The van der Waals surface area contributed by atoms with Crippen molar-refractivity contribution >= 4 is 43.9 Å². The summed E-state index contributed by atoms with van der Waals surface area (Å²) >= 11 is 0. The third kappa shape index (κ3) is 4.75. The fourth-order valence-corrected chi connectivity index (χ4v) is 6.90. The van der Waals surface area contributed by atoms with Crippen molar-refractivity contribution in [1.82, 2.24) is 15.0 Å². The fourth-order valence-electron chi connectivity index (χ4n) is 6.90.